The highest BCUT2D eigenvalue weighted by atomic mass is 16.5. The molecule has 0 saturated carbocycles. The standard InChI is InChI=1S/C18H22N2O/c1-13(2)20-10-4-5-16-11-14(6-7-17(16)20)15-8-9-19-18(12-15)21-3/h6-9,11-13H,4-5,10H2,1-3H3. The predicted octanol–water partition coefficient (Wildman–Crippen LogP) is 3.92. The number of rotatable bonds is 3. The lowest BCUT2D eigenvalue weighted by atomic mass is 9.96. The van der Waals surface area contributed by atoms with E-state index in [4.69, 9.17) is 4.74 Å². The highest BCUT2D eigenvalue weighted by Crippen LogP contribution is 2.33. The number of anilines is 1. The van der Waals surface area contributed by atoms with E-state index < -0.39 is 0 Å². The SMILES string of the molecule is COc1cc(-c2ccc3c(c2)CCCN3C(C)C)ccn1. The Morgan fingerprint density at radius 2 is 1.95 bits per heavy atom. The Balaban J connectivity index is 1.99. The van der Waals surface area contributed by atoms with Gasteiger partial charge in [0.1, 0.15) is 0 Å². The number of hydrogen-bond acceptors (Lipinski definition) is 3. The monoisotopic (exact) mass is 282 g/mol. The lowest BCUT2D eigenvalue weighted by Crippen LogP contribution is -2.35. The van der Waals surface area contributed by atoms with Gasteiger partial charge >= 0.3 is 0 Å². The molecular weight excluding hydrogens is 260 g/mol. The van der Waals surface area contributed by atoms with E-state index in [-0.39, 0.29) is 0 Å². The van der Waals surface area contributed by atoms with Crippen molar-refractivity contribution < 1.29 is 4.74 Å². The number of aryl methyl sites for hydroxylation is 1. The van der Waals surface area contributed by atoms with Gasteiger partial charge in [-0.15, -0.1) is 0 Å². The second kappa shape index (κ2) is 5.76. The van der Waals surface area contributed by atoms with E-state index in [0.29, 0.717) is 11.9 Å². The number of aromatic nitrogens is 1. The van der Waals surface area contributed by atoms with Crippen LogP contribution < -0.4 is 9.64 Å². The third-order valence-corrected chi connectivity index (χ3v) is 4.13. The van der Waals surface area contributed by atoms with Gasteiger partial charge in [0.25, 0.3) is 0 Å². The van der Waals surface area contributed by atoms with Crippen molar-refractivity contribution in [3.05, 3.63) is 42.1 Å². The van der Waals surface area contributed by atoms with Crippen LogP contribution in [0.25, 0.3) is 11.1 Å². The van der Waals surface area contributed by atoms with Crippen LogP contribution in [-0.4, -0.2) is 24.7 Å². The quantitative estimate of drug-likeness (QED) is 0.853. The zero-order chi connectivity index (χ0) is 14.8. The van der Waals surface area contributed by atoms with Crippen molar-refractivity contribution in [2.45, 2.75) is 32.7 Å². The van der Waals surface area contributed by atoms with Gasteiger partial charge in [-0.3, -0.25) is 0 Å². The largest absolute Gasteiger partial charge is 0.481 e. The number of methoxy groups -OCH3 is 1. The molecule has 0 amide bonds. The van der Waals surface area contributed by atoms with E-state index in [1.807, 2.05) is 12.1 Å². The molecule has 1 aliphatic heterocycles. The van der Waals surface area contributed by atoms with Gasteiger partial charge < -0.3 is 9.64 Å². The first-order valence-electron chi connectivity index (χ1n) is 7.59. The lowest BCUT2D eigenvalue weighted by Gasteiger charge is -2.35. The number of nitrogens with zero attached hydrogens (tertiary/aromatic N) is 2. The third-order valence-electron chi connectivity index (χ3n) is 4.13. The maximum Gasteiger partial charge on any atom is 0.213 e. The first-order chi connectivity index (χ1) is 10.2. The van der Waals surface area contributed by atoms with Crippen LogP contribution in [0.2, 0.25) is 0 Å². The van der Waals surface area contributed by atoms with E-state index in [0.717, 1.165) is 18.5 Å². The Hall–Kier alpha value is -2.03. The first-order valence-corrected chi connectivity index (χ1v) is 7.59. The Morgan fingerprint density at radius 3 is 2.71 bits per heavy atom. The summed E-state index contributed by atoms with van der Waals surface area (Å²) < 4.78 is 5.22. The summed E-state index contributed by atoms with van der Waals surface area (Å²) in [5.41, 5.74) is 5.23. The summed E-state index contributed by atoms with van der Waals surface area (Å²) in [6, 6.07) is 11.4. The molecule has 0 aliphatic carbocycles. The molecule has 1 aromatic heterocycles. The molecule has 0 radical (unpaired) electrons. The lowest BCUT2D eigenvalue weighted by molar-refractivity contribution is 0.398. The first kappa shape index (κ1) is 13.9. The minimum Gasteiger partial charge on any atom is -0.481 e. The molecule has 0 saturated heterocycles. The van der Waals surface area contributed by atoms with Crippen LogP contribution in [0.4, 0.5) is 5.69 Å². The maximum absolute atomic E-state index is 5.22. The molecule has 0 spiro atoms. The molecule has 1 aromatic carbocycles. The molecule has 3 heteroatoms. The van der Waals surface area contributed by atoms with Gasteiger partial charge in [-0.1, -0.05) is 6.07 Å². The second-order valence-corrected chi connectivity index (χ2v) is 5.82. The Bertz CT molecular complexity index is 637. The normalized spacial score (nSPS) is 14.2. The summed E-state index contributed by atoms with van der Waals surface area (Å²) in [7, 11) is 1.65. The highest BCUT2D eigenvalue weighted by molar-refractivity contribution is 5.70. The zero-order valence-electron chi connectivity index (χ0n) is 13.0. The van der Waals surface area contributed by atoms with Crippen molar-refractivity contribution in [2.75, 3.05) is 18.6 Å². The van der Waals surface area contributed by atoms with Crippen molar-refractivity contribution in [3.8, 4) is 17.0 Å². The zero-order valence-corrected chi connectivity index (χ0v) is 13.0. The molecule has 21 heavy (non-hydrogen) atoms. The van der Waals surface area contributed by atoms with Crippen molar-refractivity contribution >= 4 is 5.69 Å². The molecule has 1 aliphatic rings. The van der Waals surface area contributed by atoms with Gasteiger partial charge in [0, 0.05) is 30.5 Å². The summed E-state index contributed by atoms with van der Waals surface area (Å²) in [5, 5.41) is 0. The summed E-state index contributed by atoms with van der Waals surface area (Å²) in [5.74, 6) is 0.661. The van der Waals surface area contributed by atoms with Crippen molar-refractivity contribution in [2.24, 2.45) is 0 Å². The fourth-order valence-electron chi connectivity index (χ4n) is 3.04. The van der Waals surface area contributed by atoms with E-state index in [2.05, 4.69) is 41.9 Å². The van der Waals surface area contributed by atoms with E-state index in [9.17, 15) is 0 Å². The molecule has 0 bridgehead atoms. The molecule has 2 heterocycles. The summed E-state index contributed by atoms with van der Waals surface area (Å²) in [4.78, 5) is 6.67. The Morgan fingerprint density at radius 1 is 1.14 bits per heavy atom. The molecule has 3 rings (SSSR count). The summed E-state index contributed by atoms with van der Waals surface area (Å²) >= 11 is 0. The maximum atomic E-state index is 5.22. The van der Waals surface area contributed by atoms with Crippen molar-refractivity contribution in [1.29, 1.82) is 0 Å². The van der Waals surface area contributed by atoms with Crippen molar-refractivity contribution in [3.63, 3.8) is 0 Å². The van der Waals surface area contributed by atoms with Gasteiger partial charge in [-0.25, -0.2) is 4.98 Å². The van der Waals surface area contributed by atoms with E-state index in [1.54, 1.807) is 13.3 Å². The molecule has 0 atom stereocenters. The Labute approximate surface area is 126 Å². The number of benzene rings is 1. The molecule has 0 N–H and O–H groups in total. The molecule has 0 fully saturated rings. The van der Waals surface area contributed by atoms with Gasteiger partial charge in [0.05, 0.1) is 7.11 Å². The third kappa shape index (κ3) is 2.73. The van der Waals surface area contributed by atoms with Gasteiger partial charge in [0.15, 0.2) is 0 Å². The average Bonchev–Trinajstić information content (AvgIpc) is 2.53. The van der Waals surface area contributed by atoms with E-state index in [1.165, 1.54) is 23.2 Å². The Kier molecular flexibility index (Phi) is 3.82. The topological polar surface area (TPSA) is 25.4 Å². The number of fused-ring (bicyclic) bond motifs is 1. The van der Waals surface area contributed by atoms with Crippen LogP contribution in [-0.2, 0) is 6.42 Å². The summed E-state index contributed by atoms with van der Waals surface area (Å²) in [6.07, 6.45) is 4.19. The average molecular weight is 282 g/mol. The fraction of sp³-hybridized carbons (Fsp3) is 0.389. The van der Waals surface area contributed by atoms with Gasteiger partial charge in [-0.2, -0.15) is 0 Å². The van der Waals surface area contributed by atoms with Crippen molar-refractivity contribution in [1.82, 2.24) is 4.98 Å². The minimum atomic E-state index is 0.552. The van der Waals surface area contributed by atoms with Crippen LogP contribution in [0.3, 0.4) is 0 Å². The van der Waals surface area contributed by atoms with Gasteiger partial charge in [0.2, 0.25) is 5.88 Å². The summed E-state index contributed by atoms with van der Waals surface area (Å²) in [6.45, 7) is 5.68. The number of ether oxygens (including phenoxy) is 1. The smallest absolute Gasteiger partial charge is 0.213 e. The fourth-order valence-corrected chi connectivity index (χ4v) is 3.04. The highest BCUT2D eigenvalue weighted by Gasteiger charge is 2.19. The predicted molar refractivity (Wildman–Crippen MR) is 87.0 cm³/mol. The number of hydrogen-bond donors (Lipinski definition) is 0. The van der Waals surface area contributed by atoms with Gasteiger partial charge in [-0.05, 0) is 61.6 Å². The molecule has 2 aromatic rings. The van der Waals surface area contributed by atoms with Crippen LogP contribution in [0.1, 0.15) is 25.8 Å². The van der Waals surface area contributed by atoms with Crippen LogP contribution in [0.15, 0.2) is 36.5 Å². The molecular formula is C18H22N2O. The second-order valence-electron chi connectivity index (χ2n) is 5.82. The van der Waals surface area contributed by atoms with E-state index >= 15 is 0 Å². The van der Waals surface area contributed by atoms with Crippen LogP contribution in [0.5, 0.6) is 5.88 Å². The molecule has 3 nitrogen and oxygen atoms in total. The van der Waals surface area contributed by atoms with Crippen LogP contribution in [0, 0.1) is 0 Å². The molecule has 0 unspecified atom stereocenters. The van der Waals surface area contributed by atoms with Crippen LogP contribution >= 0.6 is 0 Å². The number of pyridine rings is 1. The minimum absolute atomic E-state index is 0.552. The molecule has 110 valence electrons.